The van der Waals surface area contributed by atoms with E-state index in [0.29, 0.717) is 12.5 Å². The SMILES string of the molecule is CCCC(C)S(=O)(=O)c1cc(C)c(C(=O)N=C(N)N)cc1C(F)(F)F. The summed E-state index contributed by atoms with van der Waals surface area (Å²) < 4.78 is 65.3. The number of aliphatic imine (C=N–C) groups is 1. The number of rotatable bonds is 5. The van der Waals surface area contributed by atoms with E-state index in [1.54, 1.807) is 6.92 Å². The molecule has 25 heavy (non-hydrogen) atoms. The Morgan fingerprint density at radius 3 is 2.28 bits per heavy atom. The van der Waals surface area contributed by atoms with Crippen LogP contribution in [0.15, 0.2) is 22.0 Å². The molecular formula is C15H20F3N3O3S. The van der Waals surface area contributed by atoms with Gasteiger partial charge in [-0.25, -0.2) is 8.42 Å². The lowest BCUT2D eigenvalue weighted by Gasteiger charge is -2.19. The van der Waals surface area contributed by atoms with Gasteiger partial charge in [0, 0.05) is 5.56 Å². The van der Waals surface area contributed by atoms with Gasteiger partial charge in [0.2, 0.25) is 0 Å². The molecule has 0 saturated heterocycles. The van der Waals surface area contributed by atoms with Gasteiger partial charge in [-0.1, -0.05) is 13.3 Å². The van der Waals surface area contributed by atoms with Crippen LogP contribution in [0.2, 0.25) is 0 Å². The van der Waals surface area contributed by atoms with E-state index in [0.717, 1.165) is 6.07 Å². The lowest BCUT2D eigenvalue weighted by Crippen LogP contribution is -2.25. The number of alkyl halides is 3. The number of aryl methyl sites for hydroxylation is 1. The van der Waals surface area contributed by atoms with Crippen molar-refractivity contribution < 1.29 is 26.4 Å². The van der Waals surface area contributed by atoms with Crippen LogP contribution < -0.4 is 11.5 Å². The monoisotopic (exact) mass is 379 g/mol. The Labute approximate surface area is 144 Å². The molecular weight excluding hydrogens is 359 g/mol. The van der Waals surface area contributed by atoms with E-state index in [1.807, 2.05) is 0 Å². The summed E-state index contributed by atoms with van der Waals surface area (Å²) in [5.74, 6) is -1.68. The van der Waals surface area contributed by atoms with Crippen LogP contribution in [0.3, 0.4) is 0 Å². The minimum Gasteiger partial charge on any atom is -0.370 e. The number of guanidine groups is 1. The molecule has 0 spiro atoms. The van der Waals surface area contributed by atoms with Crippen molar-refractivity contribution in [3.05, 3.63) is 28.8 Å². The number of nitrogens with two attached hydrogens (primary N) is 2. The maximum Gasteiger partial charge on any atom is 0.417 e. The summed E-state index contributed by atoms with van der Waals surface area (Å²) in [6, 6.07) is 1.33. The van der Waals surface area contributed by atoms with Gasteiger partial charge in [-0.05, 0) is 38.0 Å². The van der Waals surface area contributed by atoms with Crippen LogP contribution >= 0.6 is 0 Å². The molecule has 4 N–H and O–H groups in total. The molecule has 0 aliphatic carbocycles. The Morgan fingerprint density at radius 2 is 1.84 bits per heavy atom. The second-order valence-electron chi connectivity index (χ2n) is 5.65. The second kappa shape index (κ2) is 7.42. The molecule has 1 atom stereocenters. The molecule has 1 aromatic carbocycles. The largest absolute Gasteiger partial charge is 0.417 e. The normalized spacial score (nSPS) is 13.4. The average molecular weight is 379 g/mol. The van der Waals surface area contributed by atoms with E-state index < -0.39 is 49.2 Å². The molecule has 140 valence electrons. The zero-order valence-corrected chi connectivity index (χ0v) is 14.8. The molecule has 0 aliphatic rings. The van der Waals surface area contributed by atoms with Gasteiger partial charge >= 0.3 is 6.18 Å². The predicted octanol–water partition coefficient (Wildman–Crippen LogP) is 2.39. The number of carbonyl (C=O) groups excluding carboxylic acids is 1. The lowest BCUT2D eigenvalue weighted by atomic mass is 10.0. The Morgan fingerprint density at radius 1 is 1.28 bits per heavy atom. The van der Waals surface area contributed by atoms with Crippen molar-refractivity contribution in [2.45, 2.75) is 49.9 Å². The molecule has 1 unspecified atom stereocenters. The van der Waals surface area contributed by atoms with Crippen molar-refractivity contribution in [3.8, 4) is 0 Å². The van der Waals surface area contributed by atoms with Crippen molar-refractivity contribution in [2.24, 2.45) is 16.5 Å². The fourth-order valence-electron chi connectivity index (χ4n) is 2.32. The van der Waals surface area contributed by atoms with Crippen LogP contribution in [0.4, 0.5) is 13.2 Å². The topological polar surface area (TPSA) is 116 Å². The minimum atomic E-state index is -4.96. The molecule has 1 rings (SSSR count). The van der Waals surface area contributed by atoms with Crippen molar-refractivity contribution in [1.29, 1.82) is 0 Å². The van der Waals surface area contributed by atoms with E-state index >= 15 is 0 Å². The first-order valence-electron chi connectivity index (χ1n) is 7.42. The molecule has 0 saturated carbocycles. The Hall–Kier alpha value is -2.10. The third-order valence-corrected chi connectivity index (χ3v) is 5.87. The van der Waals surface area contributed by atoms with Gasteiger partial charge in [0.05, 0.1) is 15.7 Å². The zero-order chi connectivity index (χ0) is 19.6. The molecule has 0 bridgehead atoms. The highest BCUT2D eigenvalue weighted by molar-refractivity contribution is 7.92. The number of halogens is 3. The van der Waals surface area contributed by atoms with Crippen molar-refractivity contribution >= 4 is 21.7 Å². The molecule has 0 fully saturated rings. The maximum absolute atomic E-state index is 13.4. The Balaban J connectivity index is 3.69. The first-order chi connectivity index (χ1) is 11.3. The van der Waals surface area contributed by atoms with Crippen LogP contribution in [0.25, 0.3) is 0 Å². The number of benzene rings is 1. The molecule has 1 amide bonds. The van der Waals surface area contributed by atoms with Crippen LogP contribution in [0, 0.1) is 6.92 Å². The van der Waals surface area contributed by atoms with Crippen LogP contribution in [0.5, 0.6) is 0 Å². The predicted molar refractivity (Wildman–Crippen MR) is 87.9 cm³/mol. The first-order valence-corrected chi connectivity index (χ1v) is 8.96. The molecule has 10 heteroatoms. The number of hydrogen-bond donors (Lipinski definition) is 2. The fourth-order valence-corrected chi connectivity index (χ4v) is 4.13. The van der Waals surface area contributed by atoms with Crippen LogP contribution in [-0.4, -0.2) is 25.5 Å². The Bertz CT molecular complexity index is 798. The van der Waals surface area contributed by atoms with E-state index in [9.17, 15) is 26.4 Å². The molecule has 1 aromatic rings. The summed E-state index contributed by atoms with van der Waals surface area (Å²) >= 11 is 0. The fraction of sp³-hybridized carbons (Fsp3) is 0.467. The molecule has 0 aliphatic heterocycles. The van der Waals surface area contributed by atoms with Crippen molar-refractivity contribution in [1.82, 2.24) is 0 Å². The van der Waals surface area contributed by atoms with E-state index in [2.05, 4.69) is 4.99 Å². The van der Waals surface area contributed by atoms with Crippen LogP contribution in [-0.2, 0) is 16.0 Å². The van der Waals surface area contributed by atoms with Gasteiger partial charge in [-0.15, -0.1) is 0 Å². The summed E-state index contributed by atoms with van der Waals surface area (Å²) in [5.41, 5.74) is 8.34. The highest BCUT2D eigenvalue weighted by Gasteiger charge is 2.39. The summed E-state index contributed by atoms with van der Waals surface area (Å²) in [6.07, 6.45) is -4.25. The standard InChI is InChI=1S/C15H20F3N3O3S/c1-4-5-9(3)25(23,24)12-6-8(2)10(13(22)21-14(19)20)7-11(12)15(16,17)18/h6-7,9H,4-5H2,1-3H3,(H4,19,20,21,22). The average Bonchev–Trinajstić information content (AvgIpc) is 2.44. The smallest absolute Gasteiger partial charge is 0.370 e. The number of sulfone groups is 1. The number of carbonyl (C=O) groups is 1. The zero-order valence-electron chi connectivity index (χ0n) is 14.0. The van der Waals surface area contributed by atoms with Gasteiger partial charge in [0.15, 0.2) is 15.8 Å². The lowest BCUT2D eigenvalue weighted by molar-refractivity contribution is -0.139. The molecule has 0 heterocycles. The first kappa shape index (κ1) is 20.9. The van der Waals surface area contributed by atoms with Crippen molar-refractivity contribution in [2.75, 3.05) is 0 Å². The third-order valence-electron chi connectivity index (χ3n) is 3.62. The number of nitrogens with zero attached hydrogens (tertiary/aromatic N) is 1. The summed E-state index contributed by atoms with van der Waals surface area (Å²) in [5, 5.41) is -0.989. The summed E-state index contributed by atoms with van der Waals surface area (Å²) in [4.78, 5) is 14.2. The third kappa shape index (κ3) is 4.71. The Kier molecular flexibility index (Phi) is 6.22. The van der Waals surface area contributed by atoms with Gasteiger partial charge in [-0.2, -0.15) is 18.2 Å². The number of amides is 1. The second-order valence-corrected chi connectivity index (χ2v) is 7.98. The van der Waals surface area contributed by atoms with E-state index in [1.165, 1.54) is 13.8 Å². The maximum atomic E-state index is 13.4. The highest BCUT2D eigenvalue weighted by Crippen LogP contribution is 2.37. The molecule has 0 aromatic heterocycles. The summed E-state index contributed by atoms with van der Waals surface area (Å²) in [7, 11) is -4.22. The number of hydrogen-bond acceptors (Lipinski definition) is 3. The van der Waals surface area contributed by atoms with E-state index in [-0.39, 0.29) is 12.0 Å². The van der Waals surface area contributed by atoms with E-state index in [4.69, 9.17) is 11.5 Å². The van der Waals surface area contributed by atoms with Gasteiger partial charge in [0.25, 0.3) is 5.91 Å². The van der Waals surface area contributed by atoms with Crippen molar-refractivity contribution in [3.63, 3.8) is 0 Å². The van der Waals surface area contributed by atoms with Gasteiger partial charge in [0.1, 0.15) is 0 Å². The summed E-state index contributed by atoms with van der Waals surface area (Å²) in [6.45, 7) is 4.41. The van der Waals surface area contributed by atoms with Gasteiger partial charge in [-0.3, -0.25) is 4.79 Å². The molecule has 0 radical (unpaired) electrons. The molecule has 6 nitrogen and oxygen atoms in total. The highest BCUT2D eigenvalue weighted by atomic mass is 32.2. The quantitative estimate of drug-likeness (QED) is 0.602. The minimum absolute atomic E-state index is 0.0327. The van der Waals surface area contributed by atoms with Crippen LogP contribution in [0.1, 0.15) is 48.2 Å². The van der Waals surface area contributed by atoms with Gasteiger partial charge < -0.3 is 11.5 Å².